The van der Waals surface area contributed by atoms with Crippen LogP contribution in [0, 0.1) is 0 Å². The van der Waals surface area contributed by atoms with Crippen LogP contribution < -0.4 is 11.2 Å². The topological polar surface area (TPSA) is 85.3 Å². The molecule has 0 aliphatic rings. The molecule has 2 aromatic rings. The molecule has 0 saturated carbocycles. The van der Waals surface area contributed by atoms with Gasteiger partial charge in [-0.25, -0.2) is 15.2 Å². The van der Waals surface area contributed by atoms with Gasteiger partial charge < -0.3 is 10.3 Å². The standard InChI is InChI=1S/C11H11N5O/c12-11(17)15-14-7-9-1-3-10(4-2-9)16-6-5-13-8-16/h1-8H,(H3,12,15,17). The Morgan fingerprint density at radius 2 is 2.18 bits per heavy atom. The first-order chi connectivity index (χ1) is 8.25. The van der Waals surface area contributed by atoms with Gasteiger partial charge in [-0.15, -0.1) is 0 Å². The lowest BCUT2D eigenvalue weighted by Gasteiger charge is -2.01. The SMILES string of the molecule is NC(=O)NN=Cc1ccc(-n2ccnc2)cc1. The Bertz CT molecular complexity index is 515. The Balaban J connectivity index is 2.08. The van der Waals surface area contributed by atoms with E-state index in [1.165, 1.54) is 6.21 Å². The van der Waals surface area contributed by atoms with Crippen molar-refractivity contribution >= 4 is 12.2 Å². The number of aromatic nitrogens is 2. The number of urea groups is 1. The van der Waals surface area contributed by atoms with E-state index in [4.69, 9.17) is 5.73 Å². The third-order valence-electron chi connectivity index (χ3n) is 2.08. The Labute approximate surface area is 97.8 Å². The predicted molar refractivity (Wildman–Crippen MR) is 63.9 cm³/mol. The minimum atomic E-state index is -0.684. The Morgan fingerprint density at radius 1 is 1.41 bits per heavy atom. The van der Waals surface area contributed by atoms with Gasteiger partial charge in [0.05, 0.1) is 12.5 Å². The monoisotopic (exact) mass is 229 g/mol. The Morgan fingerprint density at radius 3 is 2.76 bits per heavy atom. The fraction of sp³-hybridized carbons (Fsp3) is 0. The van der Waals surface area contributed by atoms with Crippen LogP contribution in [0.1, 0.15) is 5.56 Å². The number of nitrogens with zero attached hydrogens (tertiary/aromatic N) is 3. The van der Waals surface area contributed by atoms with Crippen LogP contribution in [0.3, 0.4) is 0 Å². The average Bonchev–Trinajstić information content (AvgIpc) is 2.83. The van der Waals surface area contributed by atoms with Crippen molar-refractivity contribution in [2.75, 3.05) is 0 Å². The number of carbonyl (C=O) groups is 1. The van der Waals surface area contributed by atoms with E-state index in [0.717, 1.165) is 11.3 Å². The molecule has 0 saturated heterocycles. The highest BCUT2D eigenvalue weighted by molar-refractivity contribution is 5.81. The lowest BCUT2D eigenvalue weighted by molar-refractivity contribution is 0.249. The van der Waals surface area contributed by atoms with Gasteiger partial charge in [0.1, 0.15) is 0 Å². The van der Waals surface area contributed by atoms with Crippen molar-refractivity contribution in [3.63, 3.8) is 0 Å². The van der Waals surface area contributed by atoms with Crippen molar-refractivity contribution in [1.82, 2.24) is 15.0 Å². The molecule has 0 fully saturated rings. The lowest BCUT2D eigenvalue weighted by Crippen LogP contribution is -2.24. The summed E-state index contributed by atoms with van der Waals surface area (Å²) in [5.74, 6) is 0. The van der Waals surface area contributed by atoms with Gasteiger partial charge in [0.25, 0.3) is 0 Å². The van der Waals surface area contributed by atoms with Crippen LogP contribution >= 0.6 is 0 Å². The minimum absolute atomic E-state index is 0.684. The van der Waals surface area contributed by atoms with E-state index in [2.05, 4.69) is 15.5 Å². The first kappa shape index (κ1) is 10.9. The molecule has 17 heavy (non-hydrogen) atoms. The third kappa shape index (κ3) is 2.91. The molecule has 2 amide bonds. The van der Waals surface area contributed by atoms with Crippen LogP contribution in [0.5, 0.6) is 0 Å². The summed E-state index contributed by atoms with van der Waals surface area (Å²) in [6.45, 7) is 0. The number of benzene rings is 1. The molecular weight excluding hydrogens is 218 g/mol. The first-order valence-corrected chi connectivity index (χ1v) is 4.92. The molecule has 0 spiro atoms. The summed E-state index contributed by atoms with van der Waals surface area (Å²) in [7, 11) is 0. The molecule has 0 bridgehead atoms. The molecule has 6 nitrogen and oxygen atoms in total. The highest BCUT2D eigenvalue weighted by Gasteiger charge is 1.94. The van der Waals surface area contributed by atoms with Gasteiger partial charge in [0.15, 0.2) is 0 Å². The molecule has 0 unspecified atom stereocenters. The van der Waals surface area contributed by atoms with Gasteiger partial charge >= 0.3 is 6.03 Å². The van der Waals surface area contributed by atoms with Crippen LogP contribution in [0.4, 0.5) is 4.79 Å². The smallest absolute Gasteiger partial charge is 0.332 e. The van der Waals surface area contributed by atoms with Gasteiger partial charge in [0, 0.05) is 18.1 Å². The first-order valence-electron chi connectivity index (χ1n) is 4.92. The average molecular weight is 229 g/mol. The highest BCUT2D eigenvalue weighted by atomic mass is 16.2. The molecule has 0 aliphatic heterocycles. The summed E-state index contributed by atoms with van der Waals surface area (Å²) < 4.78 is 1.89. The second kappa shape index (κ2) is 4.93. The second-order valence-electron chi connectivity index (χ2n) is 3.30. The maximum absolute atomic E-state index is 10.4. The molecule has 6 heteroatoms. The number of hydrogen-bond donors (Lipinski definition) is 2. The van der Waals surface area contributed by atoms with Crippen molar-refractivity contribution in [1.29, 1.82) is 0 Å². The molecule has 1 aromatic heterocycles. The molecule has 1 heterocycles. The van der Waals surface area contributed by atoms with Crippen LogP contribution in [-0.2, 0) is 0 Å². The lowest BCUT2D eigenvalue weighted by atomic mass is 10.2. The van der Waals surface area contributed by atoms with Crippen molar-refractivity contribution < 1.29 is 4.79 Å². The fourth-order valence-corrected chi connectivity index (χ4v) is 1.31. The number of nitrogens with one attached hydrogen (secondary N) is 1. The molecule has 1 aromatic carbocycles. The van der Waals surface area contributed by atoms with Gasteiger partial charge in [-0.3, -0.25) is 0 Å². The molecule has 2 rings (SSSR count). The van der Waals surface area contributed by atoms with E-state index >= 15 is 0 Å². The third-order valence-corrected chi connectivity index (χ3v) is 2.08. The maximum atomic E-state index is 10.4. The van der Waals surface area contributed by atoms with Crippen molar-refractivity contribution in [2.45, 2.75) is 0 Å². The van der Waals surface area contributed by atoms with Gasteiger partial charge in [-0.05, 0) is 17.7 Å². The molecule has 86 valence electrons. The highest BCUT2D eigenvalue weighted by Crippen LogP contribution is 2.07. The van der Waals surface area contributed by atoms with Crippen molar-refractivity contribution in [3.8, 4) is 5.69 Å². The van der Waals surface area contributed by atoms with E-state index < -0.39 is 6.03 Å². The normalized spacial score (nSPS) is 10.6. The summed E-state index contributed by atoms with van der Waals surface area (Å²) in [4.78, 5) is 14.4. The van der Waals surface area contributed by atoms with Crippen LogP contribution in [-0.4, -0.2) is 21.8 Å². The number of nitrogens with two attached hydrogens (primary N) is 1. The number of carbonyl (C=O) groups excluding carboxylic acids is 1. The number of hydrogen-bond acceptors (Lipinski definition) is 3. The minimum Gasteiger partial charge on any atom is -0.350 e. The molecule has 0 aliphatic carbocycles. The van der Waals surface area contributed by atoms with E-state index in [1.807, 2.05) is 35.0 Å². The van der Waals surface area contributed by atoms with Gasteiger partial charge in [0.2, 0.25) is 0 Å². The summed E-state index contributed by atoms with van der Waals surface area (Å²) in [5.41, 5.74) is 8.87. The summed E-state index contributed by atoms with van der Waals surface area (Å²) in [6.07, 6.45) is 6.81. The number of primary amides is 1. The second-order valence-corrected chi connectivity index (χ2v) is 3.30. The zero-order valence-electron chi connectivity index (χ0n) is 8.95. The van der Waals surface area contributed by atoms with Gasteiger partial charge in [-0.2, -0.15) is 5.10 Å². The zero-order chi connectivity index (χ0) is 12.1. The Kier molecular flexibility index (Phi) is 3.15. The van der Waals surface area contributed by atoms with Crippen LogP contribution in [0.2, 0.25) is 0 Å². The summed E-state index contributed by atoms with van der Waals surface area (Å²) in [5, 5.41) is 3.66. The molecular formula is C11H11N5O. The summed E-state index contributed by atoms with van der Waals surface area (Å²) in [6, 6.07) is 6.92. The van der Waals surface area contributed by atoms with Crippen molar-refractivity contribution in [2.24, 2.45) is 10.8 Å². The van der Waals surface area contributed by atoms with E-state index in [1.54, 1.807) is 12.5 Å². The largest absolute Gasteiger partial charge is 0.350 e. The van der Waals surface area contributed by atoms with Crippen LogP contribution in [0.15, 0.2) is 48.1 Å². The Hall–Kier alpha value is -2.63. The van der Waals surface area contributed by atoms with E-state index in [0.29, 0.717) is 0 Å². The number of amides is 2. The van der Waals surface area contributed by atoms with Crippen molar-refractivity contribution in [3.05, 3.63) is 48.5 Å². The van der Waals surface area contributed by atoms with E-state index in [-0.39, 0.29) is 0 Å². The zero-order valence-corrected chi connectivity index (χ0v) is 8.95. The maximum Gasteiger partial charge on any atom is 0.332 e. The number of imidazole rings is 1. The molecule has 0 atom stereocenters. The molecule has 0 radical (unpaired) electrons. The fourth-order valence-electron chi connectivity index (χ4n) is 1.31. The number of hydrazone groups is 1. The van der Waals surface area contributed by atoms with Crippen LogP contribution in [0.25, 0.3) is 5.69 Å². The summed E-state index contributed by atoms with van der Waals surface area (Å²) >= 11 is 0. The number of rotatable bonds is 3. The van der Waals surface area contributed by atoms with Gasteiger partial charge in [-0.1, -0.05) is 12.1 Å². The van der Waals surface area contributed by atoms with E-state index in [9.17, 15) is 4.79 Å². The molecule has 3 N–H and O–H groups in total. The predicted octanol–water partition coefficient (Wildman–Crippen LogP) is 0.874. The quantitative estimate of drug-likeness (QED) is 0.604.